The zero-order chi connectivity index (χ0) is 8.10. The lowest BCUT2D eigenvalue weighted by Gasteiger charge is -2.21. The summed E-state index contributed by atoms with van der Waals surface area (Å²) in [6, 6.07) is 0.0291. The molecule has 4 nitrogen and oxygen atoms in total. The Morgan fingerprint density at radius 1 is 1.73 bits per heavy atom. The molecular weight excluding hydrogens is 146 g/mol. The maximum atomic E-state index is 10.8. The van der Waals surface area contributed by atoms with Crippen LogP contribution in [0.15, 0.2) is 0 Å². The molecule has 1 saturated heterocycles. The summed E-state index contributed by atoms with van der Waals surface area (Å²) in [7, 11) is 0. The Kier molecular flexibility index (Phi) is 2.89. The van der Waals surface area contributed by atoms with E-state index < -0.39 is 0 Å². The van der Waals surface area contributed by atoms with Gasteiger partial charge in [-0.3, -0.25) is 9.59 Å². The maximum Gasteiger partial charge on any atom is 0.293 e. The number of hydrogen-bond acceptors (Lipinski definition) is 3. The number of hydrogen-bond donors (Lipinski definition) is 1. The standard InChI is InChI=1S/C7H11NO3/c9-5-11-4-6-2-1-3-7(10)8-6/h5-6H,1-4H2,(H,8,10). The van der Waals surface area contributed by atoms with Gasteiger partial charge >= 0.3 is 0 Å². The molecule has 1 unspecified atom stereocenters. The molecule has 1 fully saturated rings. The van der Waals surface area contributed by atoms with Gasteiger partial charge in [0.15, 0.2) is 0 Å². The molecule has 0 aromatic heterocycles. The third-order valence-electron chi connectivity index (χ3n) is 1.69. The van der Waals surface area contributed by atoms with E-state index >= 15 is 0 Å². The number of carbonyl (C=O) groups is 2. The fourth-order valence-corrected chi connectivity index (χ4v) is 1.16. The van der Waals surface area contributed by atoms with Crippen molar-refractivity contribution in [1.82, 2.24) is 5.32 Å². The van der Waals surface area contributed by atoms with Crippen molar-refractivity contribution in [3.05, 3.63) is 0 Å². The number of rotatable bonds is 3. The lowest BCUT2D eigenvalue weighted by atomic mass is 10.1. The van der Waals surface area contributed by atoms with Crippen LogP contribution in [0.1, 0.15) is 19.3 Å². The minimum Gasteiger partial charge on any atom is -0.466 e. The number of nitrogens with one attached hydrogen (secondary N) is 1. The van der Waals surface area contributed by atoms with Gasteiger partial charge in [-0.15, -0.1) is 0 Å². The molecule has 0 spiro atoms. The van der Waals surface area contributed by atoms with Crippen LogP contribution in [0.25, 0.3) is 0 Å². The largest absolute Gasteiger partial charge is 0.466 e. The molecule has 0 aliphatic carbocycles. The summed E-state index contributed by atoms with van der Waals surface area (Å²) in [6.45, 7) is 0.704. The van der Waals surface area contributed by atoms with E-state index in [1.165, 1.54) is 0 Å². The molecule has 0 saturated carbocycles. The Hall–Kier alpha value is -1.06. The summed E-state index contributed by atoms with van der Waals surface area (Å²) >= 11 is 0. The van der Waals surface area contributed by atoms with E-state index in [-0.39, 0.29) is 11.9 Å². The average molecular weight is 157 g/mol. The van der Waals surface area contributed by atoms with E-state index in [1.807, 2.05) is 0 Å². The quantitative estimate of drug-likeness (QED) is 0.578. The van der Waals surface area contributed by atoms with E-state index in [2.05, 4.69) is 10.1 Å². The first-order valence-electron chi connectivity index (χ1n) is 3.67. The number of amides is 1. The number of piperidine rings is 1. The fraction of sp³-hybridized carbons (Fsp3) is 0.714. The molecule has 1 heterocycles. The summed E-state index contributed by atoms with van der Waals surface area (Å²) in [5.41, 5.74) is 0. The smallest absolute Gasteiger partial charge is 0.293 e. The third-order valence-corrected chi connectivity index (χ3v) is 1.69. The molecule has 1 N–H and O–H groups in total. The van der Waals surface area contributed by atoms with Crippen LogP contribution in [0, 0.1) is 0 Å². The molecular formula is C7H11NO3. The highest BCUT2D eigenvalue weighted by atomic mass is 16.5. The Bertz CT molecular complexity index is 158. The molecule has 0 bridgehead atoms. The van der Waals surface area contributed by atoms with Crippen molar-refractivity contribution >= 4 is 12.4 Å². The van der Waals surface area contributed by atoms with E-state index in [9.17, 15) is 9.59 Å². The lowest BCUT2D eigenvalue weighted by Crippen LogP contribution is -2.41. The molecule has 1 aliphatic rings. The van der Waals surface area contributed by atoms with Crippen molar-refractivity contribution in [2.45, 2.75) is 25.3 Å². The van der Waals surface area contributed by atoms with Crippen molar-refractivity contribution in [3.63, 3.8) is 0 Å². The minimum atomic E-state index is 0.0291. The van der Waals surface area contributed by atoms with Crippen LogP contribution in [-0.4, -0.2) is 25.0 Å². The summed E-state index contributed by atoms with van der Waals surface area (Å²) in [4.78, 5) is 20.6. The first-order valence-corrected chi connectivity index (χ1v) is 3.67. The summed E-state index contributed by atoms with van der Waals surface area (Å²) < 4.78 is 4.53. The van der Waals surface area contributed by atoms with E-state index in [0.717, 1.165) is 12.8 Å². The summed E-state index contributed by atoms with van der Waals surface area (Å²) in [5.74, 6) is 0.0516. The molecule has 0 radical (unpaired) electrons. The van der Waals surface area contributed by atoms with Gasteiger partial charge in [-0.05, 0) is 12.8 Å². The van der Waals surface area contributed by atoms with Gasteiger partial charge in [0.05, 0.1) is 6.04 Å². The summed E-state index contributed by atoms with van der Waals surface area (Å²) in [5, 5.41) is 2.73. The monoisotopic (exact) mass is 157 g/mol. The van der Waals surface area contributed by atoms with Crippen LogP contribution in [-0.2, 0) is 14.3 Å². The molecule has 1 aliphatic heterocycles. The van der Waals surface area contributed by atoms with Gasteiger partial charge in [-0.2, -0.15) is 0 Å². The Labute approximate surface area is 64.9 Å². The summed E-state index contributed by atoms with van der Waals surface area (Å²) in [6.07, 6.45) is 2.38. The molecule has 0 aromatic rings. The van der Waals surface area contributed by atoms with Gasteiger partial charge in [0, 0.05) is 6.42 Å². The van der Waals surface area contributed by atoms with Crippen LogP contribution in [0.3, 0.4) is 0 Å². The van der Waals surface area contributed by atoms with Crippen LogP contribution >= 0.6 is 0 Å². The molecule has 0 aromatic carbocycles. The minimum absolute atomic E-state index is 0.0291. The van der Waals surface area contributed by atoms with Gasteiger partial charge in [-0.25, -0.2) is 0 Å². The van der Waals surface area contributed by atoms with E-state index in [1.54, 1.807) is 0 Å². The van der Waals surface area contributed by atoms with E-state index in [4.69, 9.17) is 0 Å². The fourth-order valence-electron chi connectivity index (χ4n) is 1.16. The van der Waals surface area contributed by atoms with Gasteiger partial charge in [0.2, 0.25) is 5.91 Å². The second-order valence-electron chi connectivity index (χ2n) is 2.59. The van der Waals surface area contributed by atoms with Gasteiger partial charge in [-0.1, -0.05) is 0 Å². The highest BCUT2D eigenvalue weighted by molar-refractivity contribution is 5.76. The van der Waals surface area contributed by atoms with Crippen LogP contribution in [0.2, 0.25) is 0 Å². The SMILES string of the molecule is O=COCC1CCCC(=O)N1. The van der Waals surface area contributed by atoms with Crippen molar-refractivity contribution < 1.29 is 14.3 Å². The third kappa shape index (κ3) is 2.57. The maximum absolute atomic E-state index is 10.8. The first-order chi connectivity index (χ1) is 5.33. The van der Waals surface area contributed by atoms with Crippen LogP contribution in [0.5, 0.6) is 0 Å². The predicted molar refractivity (Wildman–Crippen MR) is 37.8 cm³/mol. The topological polar surface area (TPSA) is 55.4 Å². The van der Waals surface area contributed by atoms with Gasteiger partial charge in [0.25, 0.3) is 6.47 Å². The van der Waals surface area contributed by atoms with Crippen molar-refractivity contribution in [2.24, 2.45) is 0 Å². The predicted octanol–water partition coefficient (Wildman–Crippen LogP) is -0.172. The Morgan fingerprint density at radius 2 is 2.55 bits per heavy atom. The molecule has 1 rings (SSSR count). The molecule has 1 amide bonds. The Morgan fingerprint density at radius 3 is 3.18 bits per heavy atom. The number of ether oxygens (including phenoxy) is 1. The van der Waals surface area contributed by atoms with Gasteiger partial charge < -0.3 is 10.1 Å². The molecule has 4 heteroatoms. The zero-order valence-electron chi connectivity index (χ0n) is 6.21. The van der Waals surface area contributed by atoms with Crippen molar-refractivity contribution in [2.75, 3.05) is 6.61 Å². The highest BCUT2D eigenvalue weighted by Gasteiger charge is 2.17. The first kappa shape index (κ1) is 8.04. The van der Waals surface area contributed by atoms with Crippen molar-refractivity contribution in [1.29, 1.82) is 0 Å². The zero-order valence-corrected chi connectivity index (χ0v) is 6.21. The normalized spacial score (nSPS) is 24.0. The van der Waals surface area contributed by atoms with Crippen LogP contribution in [0.4, 0.5) is 0 Å². The van der Waals surface area contributed by atoms with Gasteiger partial charge in [0.1, 0.15) is 6.61 Å². The molecule has 62 valence electrons. The lowest BCUT2D eigenvalue weighted by molar-refractivity contribution is -0.132. The highest BCUT2D eigenvalue weighted by Crippen LogP contribution is 2.07. The molecule has 11 heavy (non-hydrogen) atoms. The second kappa shape index (κ2) is 3.95. The van der Waals surface area contributed by atoms with E-state index in [0.29, 0.717) is 19.5 Å². The second-order valence-corrected chi connectivity index (χ2v) is 2.59. The van der Waals surface area contributed by atoms with Crippen LogP contribution < -0.4 is 5.32 Å². The average Bonchev–Trinajstić information content (AvgIpc) is 2.01. The van der Waals surface area contributed by atoms with Crippen molar-refractivity contribution in [3.8, 4) is 0 Å². The Balaban J connectivity index is 2.22. The number of carbonyl (C=O) groups excluding carboxylic acids is 2. The molecule has 1 atom stereocenters.